The summed E-state index contributed by atoms with van der Waals surface area (Å²) in [5.74, 6) is -0.214. The van der Waals surface area contributed by atoms with E-state index in [0.717, 1.165) is 26.1 Å². The van der Waals surface area contributed by atoms with E-state index in [0.29, 0.717) is 22.7 Å². The summed E-state index contributed by atoms with van der Waals surface area (Å²) in [6, 6.07) is 10.8. The zero-order chi connectivity index (χ0) is 16.1. The molecule has 1 saturated heterocycles. The molecule has 6 heteroatoms. The number of thiophene rings is 1. The summed E-state index contributed by atoms with van der Waals surface area (Å²) < 4.78 is 0. The van der Waals surface area contributed by atoms with Crippen LogP contribution in [-0.4, -0.2) is 42.9 Å². The number of carbonyl (C=O) groups is 2. The van der Waals surface area contributed by atoms with Gasteiger partial charge in [0.2, 0.25) is 0 Å². The highest BCUT2D eigenvalue weighted by Gasteiger charge is 2.20. The molecule has 2 aromatic rings. The fourth-order valence-electron chi connectivity index (χ4n) is 2.59. The monoisotopic (exact) mass is 329 g/mol. The fourth-order valence-corrected chi connectivity index (χ4v) is 3.21. The summed E-state index contributed by atoms with van der Waals surface area (Å²) in [6.07, 6.45) is 0.940. The number of carbonyl (C=O) groups excluding carboxylic acids is 2. The van der Waals surface area contributed by atoms with Gasteiger partial charge in [0.25, 0.3) is 11.8 Å². The molecule has 0 radical (unpaired) electrons. The Labute approximate surface area is 139 Å². The Morgan fingerprint density at radius 1 is 1.09 bits per heavy atom. The number of para-hydroxylation sites is 1. The Morgan fingerprint density at radius 2 is 1.96 bits per heavy atom. The van der Waals surface area contributed by atoms with Crippen LogP contribution in [0.1, 0.15) is 26.5 Å². The zero-order valence-electron chi connectivity index (χ0n) is 12.7. The van der Waals surface area contributed by atoms with Crippen molar-refractivity contribution < 1.29 is 9.59 Å². The highest BCUT2D eigenvalue weighted by molar-refractivity contribution is 7.12. The van der Waals surface area contributed by atoms with Crippen LogP contribution in [0.2, 0.25) is 0 Å². The van der Waals surface area contributed by atoms with E-state index >= 15 is 0 Å². The molecule has 3 rings (SSSR count). The Morgan fingerprint density at radius 3 is 2.78 bits per heavy atom. The van der Waals surface area contributed by atoms with Crippen LogP contribution in [0.5, 0.6) is 0 Å². The van der Waals surface area contributed by atoms with Crippen molar-refractivity contribution in [2.24, 2.45) is 0 Å². The molecule has 1 aliphatic heterocycles. The fraction of sp³-hybridized carbons (Fsp3) is 0.294. The van der Waals surface area contributed by atoms with E-state index in [4.69, 9.17) is 0 Å². The predicted molar refractivity (Wildman–Crippen MR) is 92.1 cm³/mol. The van der Waals surface area contributed by atoms with Crippen molar-refractivity contribution in [3.05, 3.63) is 52.2 Å². The molecular weight excluding hydrogens is 310 g/mol. The Hall–Kier alpha value is -2.18. The minimum absolute atomic E-state index is 0.0317. The molecule has 2 heterocycles. The molecule has 5 nitrogen and oxygen atoms in total. The number of hydrogen-bond donors (Lipinski definition) is 2. The summed E-state index contributed by atoms with van der Waals surface area (Å²) in [7, 11) is 0. The smallest absolute Gasteiger partial charge is 0.265 e. The van der Waals surface area contributed by atoms with Crippen LogP contribution in [0.4, 0.5) is 5.69 Å². The van der Waals surface area contributed by atoms with Crippen molar-refractivity contribution in [2.45, 2.75) is 6.42 Å². The number of hydrogen-bond acceptors (Lipinski definition) is 4. The lowest BCUT2D eigenvalue weighted by atomic mass is 10.1. The van der Waals surface area contributed by atoms with Crippen molar-refractivity contribution in [1.29, 1.82) is 0 Å². The Bertz CT molecular complexity index is 677. The van der Waals surface area contributed by atoms with Gasteiger partial charge in [0.1, 0.15) is 0 Å². The molecule has 0 atom stereocenters. The van der Waals surface area contributed by atoms with Crippen LogP contribution in [0.3, 0.4) is 0 Å². The third-order valence-corrected chi connectivity index (χ3v) is 4.65. The molecule has 2 amide bonds. The van der Waals surface area contributed by atoms with Crippen LogP contribution in [0.25, 0.3) is 0 Å². The largest absolute Gasteiger partial charge is 0.337 e. The molecule has 0 spiro atoms. The van der Waals surface area contributed by atoms with Crippen molar-refractivity contribution in [3.8, 4) is 0 Å². The van der Waals surface area contributed by atoms with E-state index in [-0.39, 0.29) is 11.8 Å². The maximum Gasteiger partial charge on any atom is 0.265 e. The van der Waals surface area contributed by atoms with Crippen LogP contribution in [0.15, 0.2) is 41.8 Å². The quantitative estimate of drug-likeness (QED) is 0.909. The van der Waals surface area contributed by atoms with Gasteiger partial charge in [0, 0.05) is 19.6 Å². The van der Waals surface area contributed by atoms with E-state index in [1.165, 1.54) is 11.3 Å². The second kappa shape index (κ2) is 7.39. The third kappa shape index (κ3) is 3.78. The minimum atomic E-state index is -0.183. The molecule has 1 aliphatic rings. The van der Waals surface area contributed by atoms with E-state index < -0.39 is 0 Å². The number of nitrogens with zero attached hydrogens (tertiary/aromatic N) is 1. The van der Waals surface area contributed by atoms with E-state index in [1.54, 1.807) is 18.2 Å². The Kier molecular flexibility index (Phi) is 5.05. The van der Waals surface area contributed by atoms with Crippen molar-refractivity contribution in [1.82, 2.24) is 10.2 Å². The maximum atomic E-state index is 12.8. The topological polar surface area (TPSA) is 61.4 Å². The lowest BCUT2D eigenvalue weighted by molar-refractivity contribution is 0.0767. The second-order valence-electron chi connectivity index (χ2n) is 5.37. The summed E-state index contributed by atoms with van der Waals surface area (Å²) >= 11 is 1.38. The van der Waals surface area contributed by atoms with Gasteiger partial charge in [0.05, 0.1) is 16.1 Å². The van der Waals surface area contributed by atoms with E-state index in [1.807, 2.05) is 28.5 Å². The van der Waals surface area contributed by atoms with Crippen LogP contribution >= 0.6 is 11.3 Å². The zero-order valence-corrected chi connectivity index (χ0v) is 13.6. The molecule has 0 unspecified atom stereocenters. The van der Waals surface area contributed by atoms with E-state index in [2.05, 4.69) is 10.6 Å². The molecule has 0 saturated carbocycles. The number of benzene rings is 1. The first kappa shape index (κ1) is 15.7. The highest BCUT2D eigenvalue weighted by Crippen LogP contribution is 2.20. The van der Waals surface area contributed by atoms with Gasteiger partial charge < -0.3 is 15.5 Å². The first-order valence-electron chi connectivity index (χ1n) is 7.69. The molecule has 0 aliphatic carbocycles. The number of rotatable bonds is 3. The molecule has 1 fully saturated rings. The standard InChI is InChI=1S/C17H19N3O2S/c21-16(15-7-3-12-23-15)19-14-6-2-1-5-13(14)17(22)20-10-4-8-18-9-11-20/h1-3,5-7,12,18H,4,8-11H2,(H,19,21). The summed E-state index contributed by atoms with van der Waals surface area (Å²) in [5, 5.41) is 8.00. The van der Waals surface area contributed by atoms with Gasteiger partial charge in [-0.15, -0.1) is 11.3 Å². The van der Waals surface area contributed by atoms with E-state index in [9.17, 15) is 9.59 Å². The molecular formula is C17H19N3O2S. The molecule has 120 valence electrons. The van der Waals surface area contributed by atoms with Crippen molar-refractivity contribution in [2.75, 3.05) is 31.5 Å². The average molecular weight is 329 g/mol. The van der Waals surface area contributed by atoms with Gasteiger partial charge in [-0.25, -0.2) is 0 Å². The number of anilines is 1. The second-order valence-corrected chi connectivity index (χ2v) is 6.32. The minimum Gasteiger partial charge on any atom is -0.337 e. The molecule has 0 bridgehead atoms. The number of nitrogens with one attached hydrogen (secondary N) is 2. The lowest BCUT2D eigenvalue weighted by Crippen LogP contribution is -2.34. The van der Waals surface area contributed by atoms with Gasteiger partial charge in [-0.1, -0.05) is 18.2 Å². The molecule has 2 N–H and O–H groups in total. The number of amides is 2. The summed E-state index contributed by atoms with van der Waals surface area (Å²) in [4.78, 5) is 27.5. The SMILES string of the molecule is O=C(Nc1ccccc1C(=O)N1CCCNCC1)c1cccs1. The van der Waals surface area contributed by atoms with Crippen molar-refractivity contribution >= 4 is 28.8 Å². The summed E-state index contributed by atoms with van der Waals surface area (Å²) in [5.41, 5.74) is 1.10. The third-order valence-electron chi connectivity index (χ3n) is 3.78. The predicted octanol–water partition coefficient (Wildman–Crippen LogP) is 2.44. The van der Waals surface area contributed by atoms with Gasteiger partial charge in [0.15, 0.2) is 0 Å². The van der Waals surface area contributed by atoms with Crippen LogP contribution < -0.4 is 10.6 Å². The first-order chi connectivity index (χ1) is 11.3. The Balaban J connectivity index is 1.79. The van der Waals surface area contributed by atoms with Gasteiger partial charge in [-0.05, 0) is 36.5 Å². The molecule has 23 heavy (non-hydrogen) atoms. The molecule has 1 aromatic heterocycles. The van der Waals surface area contributed by atoms with Gasteiger partial charge in [-0.2, -0.15) is 0 Å². The van der Waals surface area contributed by atoms with Crippen LogP contribution in [0, 0.1) is 0 Å². The highest BCUT2D eigenvalue weighted by atomic mass is 32.1. The van der Waals surface area contributed by atoms with Gasteiger partial charge in [-0.3, -0.25) is 9.59 Å². The first-order valence-corrected chi connectivity index (χ1v) is 8.57. The van der Waals surface area contributed by atoms with Crippen molar-refractivity contribution in [3.63, 3.8) is 0 Å². The maximum absolute atomic E-state index is 12.8. The van der Waals surface area contributed by atoms with Gasteiger partial charge >= 0.3 is 0 Å². The molecule has 1 aromatic carbocycles. The average Bonchev–Trinajstić information content (AvgIpc) is 2.98. The lowest BCUT2D eigenvalue weighted by Gasteiger charge is -2.21. The normalized spacial score (nSPS) is 15.0. The van der Waals surface area contributed by atoms with Crippen LogP contribution in [-0.2, 0) is 0 Å². The summed E-state index contributed by atoms with van der Waals surface area (Å²) in [6.45, 7) is 3.15.